The van der Waals surface area contributed by atoms with Crippen LogP contribution >= 0.6 is 0 Å². The van der Waals surface area contributed by atoms with Crippen LogP contribution in [0.1, 0.15) is 71.4 Å². The van der Waals surface area contributed by atoms with E-state index in [2.05, 4.69) is 34.6 Å². The molecule has 3 nitrogen and oxygen atoms in total. The average molecular weight is 431 g/mol. The molecule has 1 aliphatic carbocycles. The van der Waals surface area contributed by atoms with E-state index in [-0.39, 0.29) is 10.9 Å². The highest BCUT2D eigenvalue weighted by atomic mass is 28.2. The Hall–Kier alpha value is -1.69. The van der Waals surface area contributed by atoms with E-state index in [0.717, 1.165) is 29.5 Å². The Labute approximate surface area is 182 Å². The Bertz CT molecular complexity index is 896. The molecule has 1 N–H and O–H groups in total. The highest BCUT2D eigenvalue weighted by Gasteiger charge is 2.37. The molecule has 0 amide bonds. The molecule has 5 heteroatoms. The molecule has 0 atom stereocenters. The Kier molecular flexibility index (Phi) is 6.47. The topological polar surface area (TPSA) is 38.7 Å². The van der Waals surface area contributed by atoms with Gasteiger partial charge in [-0.3, -0.25) is 0 Å². The van der Waals surface area contributed by atoms with Gasteiger partial charge in [0.15, 0.2) is 9.76 Å². The van der Waals surface area contributed by atoms with Crippen molar-refractivity contribution in [3.05, 3.63) is 53.3 Å². The van der Waals surface area contributed by atoms with E-state index in [1.54, 1.807) is 19.2 Å². The van der Waals surface area contributed by atoms with Crippen molar-refractivity contribution in [2.75, 3.05) is 7.11 Å². The predicted molar refractivity (Wildman–Crippen MR) is 123 cm³/mol. The van der Waals surface area contributed by atoms with Gasteiger partial charge in [-0.05, 0) is 72.7 Å². The van der Waals surface area contributed by atoms with Crippen molar-refractivity contribution in [1.82, 2.24) is 0 Å². The molecule has 0 bridgehead atoms. The Morgan fingerprint density at radius 3 is 2.23 bits per heavy atom. The molecule has 0 spiro atoms. The van der Waals surface area contributed by atoms with Gasteiger partial charge in [0.2, 0.25) is 0 Å². The zero-order valence-corrected chi connectivity index (χ0v) is 20.6. The van der Waals surface area contributed by atoms with Gasteiger partial charge in [0.05, 0.1) is 18.3 Å². The normalized spacial score (nSPS) is 17.1. The average Bonchev–Trinajstić information content (AvgIpc) is 3.14. The first-order valence-corrected chi connectivity index (χ1v) is 12.1. The van der Waals surface area contributed by atoms with Crippen LogP contribution in [-0.4, -0.2) is 22.0 Å². The summed E-state index contributed by atoms with van der Waals surface area (Å²) in [7, 11) is 0.817. The second kappa shape index (κ2) is 8.44. The lowest BCUT2D eigenvalue weighted by Gasteiger charge is -2.33. The molecule has 1 aliphatic rings. The summed E-state index contributed by atoms with van der Waals surface area (Å²) >= 11 is 0. The molecule has 0 saturated heterocycles. The number of rotatable bonds is 6. The van der Waals surface area contributed by atoms with E-state index < -0.39 is 21.0 Å². The van der Waals surface area contributed by atoms with Crippen LogP contribution in [0.4, 0.5) is 4.39 Å². The number of methoxy groups -OCH3 is 1. The second-order valence-electron chi connectivity index (χ2n) is 10.2. The number of hydrogen-bond donors (Lipinski definition) is 1. The number of benzene rings is 2. The van der Waals surface area contributed by atoms with Crippen LogP contribution in [0.25, 0.3) is 11.1 Å². The molecular weight excluding hydrogens is 395 g/mol. The van der Waals surface area contributed by atoms with Gasteiger partial charge in [0.1, 0.15) is 11.6 Å². The third-order valence-electron chi connectivity index (χ3n) is 5.98. The summed E-state index contributed by atoms with van der Waals surface area (Å²) in [6, 6.07) is 10.7. The fraction of sp³-hybridized carbons (Fsp3) is 0.520. The molecule has 0 aromatic heterocycles. The highest BCUT2D eigenvalue weighted by molar-refractivity contribution is 6.31. The summed E-state index contributed by atoms with van der Waals surface area (Å²) in [4.78, 5) is 0. The molecule has 3 rings (SSSR count). The zero-order chi connectivity index (χ0) is 22.2. The first-order valence-electron chi connectivity index (χ1n) is 10.8. The number of aliphatic hydroxyl groups is 1. The minimum Gasteiger partial charge on any atom is -0.497 e. The molecule has 2 aromatic carbocycles. The SMILES string of the molecule is COc1ccc(F)c(-c2ccc(C(C)(C)O[SiH2]C(C)(C)C)cc2C2(O)CCCC2)c1. The van der Waals surface area contributed by atoms with E-state index in [1.807, 2.05) is 18.2 Å². The van der Waals surface area contributed by atoms with Crippen LogP contribution in [0.15, 0.2) is 36.4 Å². The Morgan fingerprint density at radius 1 is 0.967 bits per heavy atom. The van der Waals surface area contributed by atoms with Crippen LogP contribution in [0.2, 0.25) is 5.04 Å². The van der Waals surface area contributed by atoms with Crippen molar-refractivity contribution in [2.24, 2.45) is 0 Å². The molecule has 30 heavy (non-hydrogen) atoms. The molecule has 0 radical (unpaired) electrons. The van der Waals surface area contributed by atoms with Gasteiger partial charge in [-0.1, -0.05) is 45.7 Å². The van der Waals surface area contributed by atoms with Gasteiger partial charge in [-0.25, -0.2) is 4.39 Å². The Balaban J connectivity index is 2.11. The van der Waals surface area contributed by atoms with E-state index in [0.29, 0.717) is 24.2 Å². The first-order chi connectivity index (χ1) is 14.0. The van der Waals surface area contributed by atoms with Crippen LogP contribution in [-0.2, 0) is 15.6 Å². The van der Waals surface area contributed by atoms with Crippen LogP contribution in [0.3, 0.4) is 0 Å². The predicted octanol–water partition coefficient (Wildman–Crippen LogP) is 5.82. The van der Waals surface area contributed by atoms with Crippen LogP contribution < -0.4 is 4.74 Å². The maximum atomic E-state index is 14.8. The standard InChI is InChI=1S/C25H35FO3Si/c1-23(2,3)30-29-24(4,5)17-9-11-19(20-16-18(28-6)10-12-22(20)26)21(15-17)25(27)13-7-8-14-25/h9-12,15-16,27H,7-8,13-14,30H2,1-6H3. The molecule has 1 saturated carbocycles. The molecular formula is C25H35FO3Si. The Morgan fingerprint density at radius 2 is 1.63 bits per heavy atom. The second-order valence-corrected chi connectivity index (χ2v) is 12.9. The number of ether oxygens (including phenoxy) is 1. The minimum atomic E-state index is -0.946. The van der Waals surface area contributed by atoms with Gasteiger partial charge >= 0.3 is 0 Å². The minimum absolute atomic E-state index is 0.188. The maximum absolute atomic E-state index is 14.8. The highest BCUT2D eigenvalue weighted by Crippen LogP contribution is 2.45. The molecule has 0 unspecified atom stereocenters. The van der Waals surface area contributed by atoms with Crippen LogP contribution in [0, 0.1) is 5.82 Å². The summed E-state index contributed by atoms with van der Waals surface area (Å²) in [5, 5.41) is 11.7. The smallest absolute Gasteiger partial charge is 0.168 e. The van der Waals surface area contributed by atoms with Gasteiger partial charge in [0, 0.05) is 5.56 Å². The fourth-order valence-corrected chi connectivity index (χ4v) is 5.05. The first kappa shape index (κ1) is 23.0. The maximum Gasteiger partial charge on any atom is 0.168 e. The summed E-state index contributed by atoms with van der Waals surface area (Å²) in [6.07, 6.45) is 3.31. The largest absolute Gasteiger partial charge is 0.497 e. The van der Waals surface area contributed by atoms with E-state index in [9.17, 15) is 9.50 Å². The van der Waals surface area contributed by atoms with Gasteiger partial charge < -0.3 is 14.3 Å². The molecule has 1 fully saturated rings. The van der Waals surface area contributed by atoms with Crippen molar-refractivity contribution >= 4 is 9.76 Å². The van der Waals surface area contributed by atoms with Gasteiger partial charge in [0.25, 0.3) is 0 Å². The van der Waals surface area contributed by atoms with Gasteiger partial charge in [-0.2, -0.15) is 0 Å². The quantitative estimate of drug-likeness (QED) is 0.587. The monoisotopic (exact) mass is 430 g/mol. The summed E-state index contributed by atoms with van der Waals surface area (Å²) < 4.78 is 26.5. The summed E-state index contributed by atoms with van der Waals surface area (Å²) in [5.41, 5.74) is 1.58. The lowest BCUT2D eigenvalue weighted by atomic mass is 9.82. The number of halogens is 1. The lowest BCUT2D eigenvalue weighted by Crippen LogP contribution is -2.29. The lowest BCUT2D eigenvalue weighted by molar-refractivity contribution is 0.0443. The van der Waals surface area contributed by atoms with E-state index in [4.69, 9.17) is 9.16 Å². The zero-order valence-electron chi connectivity index (χ0n) is 19.1. The van der Waals surface area contributed by atoms with Crippen molar-refractivity contribution < 1.29 is 18.7 Å². The number of hydrogen-bond acceptors (Lipinski definition) is 3. The molecule has 0 heterocycles. The molecule has 164 valence electrons. The van der Waals surface area contributed by atoms with Crippen molar-refractivity contribution in [1.29, 1.82) is 0 Å². The molecule has 0 aliphatic heterocycles. The third-order valence-corrected chi connectivity index (χ3v) is 7.71. The summed E-state index contributed by atoms with van der Waals surface area (Å²) in [5.74, 6) is 0.279. The van der Waals surface area contributed by atoms with Crippen molar-refractivity contribution in [3.8, 4) is 16.9 Å². The molecule has 2 aromatic rings. The van der Waals surface area contributed by atoms with E-state index in [1.165, 1.54) is 6.07 Å². The summed E-state index contributed by atoms with van der Waals surface area (Å²) in [6.45, 7) is 10.8. The fourth-order valence-electron chi connectivity index (χ4n) is 4.09. The van der Waals surface area contributed by atoms with Crippen molar-refractivity contribution in [2.45, 2.75) is 76.5 Å². The van der Waals surface area contributed by atoms with Gasteiger partial charge in [-0.15, -0.1) is 0 Å². The van der Waals surface area contributed by atoms with Crippen molar-refractivity contribution in [3.63, 3.8) is 0 Å². The van der Waals surface area contributed by atoms with E-state index >= 15 is 0 Å². The van der Waals surface area contributed by atoms with Crippen LogP contribution in [0.5, 0.6) is 5.75 Å². The third kappa shape index (κ3) is 4.96.